The number of aryl methyl sites for hydroxylation is 1. The maximum atomic E-state index is 12.1. The summed E-state index contributed by atoms with van der Waals surface area (Å²) < 4.78 is 26.7. The fourth-order valence-corrected chi connectivity index (χ4v) is 3.18. The van der Waals surface area contributed by atoms with Crippen LogP contribution in [0, 0.1) is 17.0 Å². The van der Waals surface area contributed by atoms with Crippen LogP contribution in [-0.4, -0.2) is 26.4 Å². The summed E-state index contributed by atoms with van der Waals surface area (Å²) in [6.07, 6.45) is 0.497. The molecule has 0 heterocycles. The van der Waals surface area contributed by atoms with Crippen molar-refractivity contribution in [2.75, 3.05) is 18.4 Å². The number of nitrogens with one attached hydrogen (secondary N) is 2. The molecule has 0 aromatic heterocycles. The van der Waals surface area contributed by atoms with Crippen LogP contribution in [0.2, 0.25) is 0 Å². The minimum Gasteiger partial charge on any atom is -0.379 e. The maximum Gasteiger partial charge on any atom is 0.292 e. The fourth-order valence-electron chi connectivity index (χ4n) is 2.10. The zero-order valence-electron chi connectivity index (χ0n) is 13.2. The standard InChI is InChI=1S/C16H19N3O4S/c1-13-7-9-14(10-8-13)24(22,23)18-12-4-11-17-15-5-2-3-6-16(15)19(20)21/h2-3,5-10,17-18H,4,11-12H2,1H3. The smallest absolute Gasteiger partial charge is 0.292 e. The van der Waals surface area contributed by atoms with E-state index in [1.54, 1.807) is 42.5 Å². The van der Waals surface area contributed by atoms with E-state index in [2.05, 4.69) is 10.0 Å². The summed E-state index contributed by atoms with van der Waals surface area (Å²) in [5.41, 5.74) is 1.41. The highest BCUT2D eigenvalue weighted by Crippen LogP contribution is 2.22. The number of nitro groups is 1. The molecule has 7 nitrogen and oxygen atoms in total. The molecular formula is C16H19N3O4S. The lowest BCUT2D eigenvalue weighted by molar-refractivity contribution is -0.384. The molecule has 2 rings (SSSR count). The van der Waals surface area contributed by atoms with Crippen LogP contribution in [0.5, 0.6) is 0 Å². The van der Waals surface area contributed by atoms with Crippen LogP contribution in [-0.2, 0) is 10.0 Å². The molecule has 0 amide bonds. The van der Waals surface area contributed by atoms with E-state index >= 15 is 0 Å². The Balaban J connectivity index is 1.83. The molecule has 2 aromatic carbocycles. The van der Waals surface area contributed by atoms with Crippen molar-refractivity contribution in [3.8, 4) is 0 Å². The second-order valence-electron chi connectivity index (χ2n) is 5.27. The van der Waals surface area contributed by atoms with E-state index in [0.717, 1.165) is 5.56 Å². The lowest BCUT2D eigenvalue weighted by atomic mass is 10.2. The Labute approximate surface area is 140 Å². The molecule has 0 bridgehead atoms. The first kappa shape index (κ1) is 17.9. The van der Waals surface area contributed by atoms with Crippen molar-refractivity contribution in [1.82, 2.24) is 4.72 Å². The SMILES string of the molecule is Cc1ccc(S(=O)(=O)NCCCNc2ccccc2[N+](=O)[O-])cc1. The first-order chi connectivity index (χ1) is 11.4. The van der Waals surface area contributed by atoms with Gasteiger partial charge in [-0.05, 0) is 31.5 Å². The predicted octanol–water partition coefficient (Wildman–Crippen LogP) is 2.68. The van der Waals surface area contributed by atoms with Crippen molar-refractivity contribution in [2.45, 2.75) is 18.2 Å². The van der Waals surface area contributed by atoms with Gasteiger partial charge >= 0.3 is 0 Å². The zero-order chi connectivity index (χ0) is 17.6. The van der Waals surface area contributed by atoms with E-state index in [9.17, 15) is 18.5 Å². The monoisotopic (exact) mass is 349 g/mol. The first-order valence-electron chi connectivity index (χ1n) is 7.44. The molecule has 0 saturated heterocycles. The summed E-state index contributed by atoms with van der Waals surface area (Å²) in [6.45, 7) is 2.55. The van der Waals surface area contributed by atoms with Gasteiger partial charge in [0.25, 0.3) is 5.69 Å². The van der Waals surface area contributed by atoms with Crippen LogP contribution < -0.4 is 10.0 Å². The molecule has 0 spiro atoms. The third-order valence-electron chi connectivity index (χ3n) is 3.39. The van der Waals surface area contributed by atoms with Gasteiger partial charge in [0.05, 0.1) is 9.82 Å². The van der Waals surface area contributed by atoms with Crippen molar-refractivity contribution in [3.05, 3.63) is 64.2 Å². The highest BCUT2D eigenvalue weighted by Gasteiger charge is 2.13. The highest BCUT2D eigenvalue weighted by atomic mass is 32.2. The zero-order valence-corrected chi connectivity index (χ0v) is 14.0. The van der Waals surface area contributed by atoms with E-state index in [-0.39, 0.29) is 17.1 Å². The minimum absolute atomic E-state index is 0.00210. The topological polar surface area (TPSA) is 101 Å². The van der Waals surface area contributed by atoms with Crippen molar-refractivity contribution >= 4 is 21.4 Å². The summed E-state index contributed by atoms with van der Waals surface area (Å²) in [4.78, 5) is 10.7. The number of para-hydroxylation sites is 2. The Morgan fingerprint density at radius 3 is 2.38 bits per heavy atom. The second-order valence-corrected chi connectivity index (χ2v) is 7.03. The van der Waals surface area contributed by atoms with Crippen LogP contribution in [0.3, 0.4) is 0 Å². The normalized spacial score (nSPS) is 11.2. The molecule has 0 atom stereocenters. The number of hydrogen-bond donors (Lipinski definition) is 2. The van der Waals surface area contributed by atoms with Crippen LogP contribution in [0.1, 0.15) is 12.0 Å². The Kier molecular flexibility index (Phi) is 5.88. The molecule has 2 aromatic rings. The van der Waals surface area contributed by atoms with Gasteiger partial charge in [-0.15, -0.1) is 0 Å². The largest absolute Gasteiger partial charge is 0.379 e. The Hall–Kier alpha value is -2.45. The lowest BCUT2D eigenvalue weighted by Gasteiger charge is -2.09. The summed E-state index contributed by atoms with van der Waals surface area (Å²) in [5.74, 6) is 0. The van der Waals surface area contributed by atoms with Crippen LogP contribution in [0.4, 0.5) is 11.4 Å². The van der Waals surface area contributed by atoms with Crippen molar-refractivity contribution in [3.63, 3.8) is 0 Å². The van der Waals surface area contributed by atoms with Crippen molar-refractivity contribution < 1.29 is 13.3 Å². The average molecular weight is 349 g/mol. The number of benzene rings is 2. The first-order valence-corrected chi connectivity index (χ1v) is 8.92. The summed E-state index contributed by atoms with van der Waals surface area (Å²) in [7, 11) is -3.53. The van der Waals surface area contributed by atoms with Gasteiger partial charge in [-0.1, -0.05) is 29.8 Å². The number of nitrogens with zero attached hydrogens (tertiary/aromatic N) is 1. The number of rotatable bonds is 8. The van der Waals surface area contributed by atoms with Gasteiger partial charge in [0, 0.05) is 19.2 Å². The van der Waals surface area contributed by atoms with E-state index in [1.807, 2.05) is 6.92 Å². The van der Waals surface area contributed by atoms with Crippen molar-refractivity contribution in [1.29, 1.82) is 0 Å². The molecule has 0 aliphatic carbocycles. The second kappa shape index (κ2) is 7.89. The third-order valence-corrected chi connectivity index (χ3v) is 4.87. The van der Waals surface area contributed by atoms with E-state index in [4.69, 9.17) is 0 Å². The van der Waals surface area contributed by atoms with Crippen LogP contribution in [0.25, 0.3) is 0 Å². The molecule has 0 fully saturated rings. The molecular weight excluding hydrogens is 330 g/mol. The predicted molar refractivity (Wildman–Crippen MR) is 92.6 cm³/mol. The quantitative estimate of drug-likeness (QED) is 0.433. The van der Waals surface area contributed by atoms with Gasteiger partial charge in [0.2, 0.25) is 10.0 Å². The number of anilines is 1. The van der Waals surface area contributed by atoms with Gasteiger partial charge in [0.1, 0.15) is 5.69 Å². The number of hydrogen-bond acceptors (Lipinski definition) is 5. The molecule has 2 N–H and O–H groups in total. The van der Waals surface area contributed by atoms with Crippen LogP contribution >= 0.6 is 0 Å². The Morgan fingerprint density at radius 2 is 1.71 bits per heavy atom. The average Bonchev–Trinajstić information content (AvgIpc) is 2.55. The van der Waals surface area contributed by atoms with Gasteiger partial charge in [-0.25, -0.2) is 13.1 Å². The number of nitro benzene ring substituents is 1. The van der Waals surface area contributed by atoms with E-state index in [0.29, 0.717) is 18.7 Å². The molecule has 0 aliphatic heterocycles. The minimum atomic E-state index is -3.53. The molecule has 24 heavy (non-hydrogen) atoms. The van der Waals surface area contributed by atoms with Crippen molar-refractivity contribution in [2.24, 2.45) is 0 Å². The maximum absolute atomic E-state index is 12.1. The fraction of sp³-hybridized carbons (Fsp3) is 0.250. The van der Waals surface area contributed by atoms with E-state index < -0.39 is 14.9 Å². The lowest BCUT2D eigenvalue weighted by Crippen LogP contribution is -2.26. The Morgan fingerprint density at radius 1 is 1.04 bits per heavy atom. The number of sulfonamides is 1. The van der Waals surface area contributed by atoms with Gasteiger partial charge in [-0.2, -0.15) is 0 Å². The molecule has 0 aliphatic rings. The van der Waals surface area contributed by atoms with Gasteiger partial charge < -0.3 is 5.32 Å². The van der Waals surface area contributed by atoms with Crippen LogP contribution in [0.15, 0.2) is 53.4 Å². The Bertz CT molecular complexity index is 804. The molecule has 0 saturated carbocycles. The van der Waals surface area contributed by atoms with E-state index in [1.165, 1.54) is 6.07 Å². The molecule has 0 radical (unpaired) electrons. The van der Waals surface area contributed by atoms with Gasteiger partial charge in [-0.3, -0.25) is 10.1 Å². The summed E-state index contributed by atoms with van der Waals surface area (Å²) in [6, 6.07) is 12.9. The molecule has 128 valence electrons. The third kappa shape index (κ3) is 4.77. The van der Waals surface area contributed by atoms with Gasteiger partial charge in [0.15, 0.2) is 0 Å². The summed E-state index contributed by atoms with van der Waals surface area (Å²) in [5, 5.41) is 13.8. The highest BCUT2D eigenvalue weighted by molar-refractivity contribution is 7.89. The summed E-state index contributed by atoms with van der Waals surface area (Å²) >= 11 is 0. The molecule has 0 unspecified atom stereocenters. The molecule has 8 heteroatoms.